The predicted molar refractivity (Wildman–Crippen MR) is 80.5 cm³/mol. The lowest BCUT2D eigenvalue weighted by Gasteiger charge is -2.12. The number of hydrogen-bond acceptors (Lipinski definition) is 3. The van der Waals surface area contributed by atoms with Crippen LogP contribution in [-0.2, 0) is 0 Å². The maximum atomic E-state index is 5.86. The lowest BCUT2D eigenvalue weighted by molar-refractivity contribution is 0.482. The van der Waals surface area contributed by atoms with Gasteiger partial charge in [-0.15, -0.1) is 0 Å². The number of aromatic nitrogens is 1. The number of rotatable bonds is 4. The lowest BCUT2D eigenvalue weighted by atomic mass is 10.3. The van der Waals surface area contributed by atoms with Crippen molar-refractivity contribution in [2.45, 2.75) is 0 Å². The van der Waals surface area contributed by atoms with E-state index in [2.05, 4.69) is 10.3 Å². The summed E-state index contributed by atoms with van der Waals surface area (Å²) in [6, 6.07) is 21.5. The summed E-state index contributed by atoms with van der Waals surface area (Å²) in [7, 11) is 0. The van der Waals surface area contributed by atoms with Crippen molar-refractivity contribution >= 4 is 11.4 Å². The van der Waals surface area contributed by atoms with E-state index in [1.54, 1.807) is 12.4 Å². The molecule has 0 aliphatic carbocycles. The first-order valence-electron chi connectivity index (χ1n) is 6.41. The summed E-state index contributed by atoms with van der Waals surface area (Å²) in [6.45, 7) is 0. The zero-order chi connectivity index (χ0) is 13.6. The Labute approximate surface area is 117 Å². The molecule has 0 aliphatic heterocycles. The van der Waals surface area contributed by atoms with E-state index < -0.39 is 0 Å². The zero-order valence-corrected chi connectivity index (χ0v) is 10.9. The highest BCUT2D eigenvalue weighted by Gasteiger charge is 2.05. The average molecular weight is 262 g/mol. The highest BCUT2D eigenvalue weighted by Crippen LogP contribution is 2.30. The molecule has 3 nitrogen and oxygen atoms in total. The summed E-state index contributed by atoms with van der Waals surface area (Å²) >= 11 is 0. The van der Waals surface area contributed by atoms with Gasteiger partial charge in [0, 0.05) is 11.9 Å². The maximum absolute atomic E-state index is 5.86. The van der Waals surface area contributed by atoms with Crippen molar-refractivity contribution in [3.63, 3.8) is 0 Å². The molecule has 3 rings (SSSR count). The minimum absolute atomic E-state index is 0.697. The van der Waals surface area contributed by atoms with Crippen molar-refractivity contribution in [1.82, 2.24) is 4.98 Å². The van der Waals surface area contributed by atoms with Crippen LogP contribution >= 0.6 is 0 Å². The standard InChI is InChI=1S/C17H14N2O/c1-3-7-14(8-4-1)19-16-11-12-18-13-17(16)20-15-9-5-2-6-10-15/h1-13H,(H,18,19). The molecule has 1 N–H and O–H groups in total. The van der Waals surface area contributed by atoms with Crippen LogP contribution in [0.4, 0.5) is 11.4 Å². The highest BCUT2D eigenvalue weighted by molar-refractivity contribution is 5.65. The third-order valence-electron chi connectivity index (χ3n) is 2.81. The molecule has 98 valence electrons. The van der Waals surface area contributed by atoms with Gasteiger partial charge in [-0.3, -0.25) is 4.98 Å². The summed E-state index contributed by atoms with van der Waals surface area (Å²) in [5.41, 5.74) is 1.90. The molecule has 0 bridgehead atoms. The minimum atomic E-state index is 0.697. The Balaban J connectivity index is 1.85. The normalized spacial score (nSPS) is 10.0. The van der Waals surface area contributed by atoms with Gasteiger partial charge in [0.15, 0.2) is 5.75 Å². The van der Waals surface area contributed by atoms with E-state index >= 15 is 0 Å². The monoisotopic (exact) mass is 262 g/mol. The molecular weight excluding hydrogens is 248 g/mol. The molecule has 0 fully saturated rings. The van der Waals surface area contributed by atoms with Crippen LogP contribution in [0.1, 0.15) is 0 Å². The van der Waals surface area contributed by atoms with Crippen LogP contribution in [0, 0.1) is 0 Å². The van der Waals surface area contributed by atoms with E-state index in [0.717, 1.165) is 17.1 Å². The number of benzene rings is 2. The fraction of sp³-hybridized carbons (Fsp3) is 0. The third-order valence-corrected chi connectivity index (χ3v) is 2.81. The van der Waals surface area contributed by atoms with E-state index in [4.69, 9.17) is 4.74 Å². The number of pyridine rings is 1. The van der Waals surface area contributed by atoms with Gasteiger partial charge in [-0.1, -0.05) is 36.4 Å². The van der Waals surface area contributed by atoms with Gasteiger partial charge in [-0.2, -0.15) is 0 Å². The molecule has 1 heterocycles. The highest BCUT2D eigenvalue weighted by atomic mass is 16.5. The van der Waals surface area contributed by atoms with Crippen molar-refractivity contribution in [2.75, 3.05) is 5.32 Å². The Hall–Kier alpha value is -2.81. The van der Waals surface area contributed by atoms with Gasteiger partial charge in [0.25, 0.3) is 0 Å². The van der Waals surface area contributed by atoms with Crippen LogP contribution in [-0.4, -0.2) is 4.98 Å². The van der Waals surface area contributed by atoms with E-state index in [-0.39, 0.29) is 0 Å². The molecule has 0 atom stereocenters. The van der Waals surface area contributed by atoms with E-state index in [0.29, 0.717) is 5.75 Å². The number of hydrogen-bond donors (Lipinski definition) is 1. The molecule has 0 spiro atoms. The van der Waals surface area contributed by atoms with Gasteiger partial charge in [0.05, 0.1) is 11.9 Å². The molecule has 0 aliphatic rings. The second-order valence-electron chi connectivity index (χ2n) is 4.28. The second-order valence-corrected chi connectivity index (χ2v) is 4.28. The Bertz CT molecular complexity index is 608. The maximum Gasteiger partial charge on any atom is 0.169 e. The molecule has 0 radical (unpaired) electrons. The zero-order valence-electron chi connectivity index (χ0n) is 10.9. The van der Waals surface area contributed by atoms with Gasteiger partial charge in [0.1, 0.15) is 5.75 Å². The van der Waals surface area contributed by atoms with Crippen LogP contribution in [0.5, 0.6) is 11.5 Å². The van der Waals surface area contributed by atoms with E-state index in [9.17, 15) is 0 Å². The Morgan fingerprint density at radius 2 is 1.50 bits per heavy atom. The molecule has 3 aromatic rings. The lowest BCUT2D eigenvalue weighted by Crippen LogP contribution is -1.94. The average Bonchev–Trinajstić information content (AvgIpc) is 2.51. The number of ether oxygens (including phenoxy) is 1. The van der Waals surface area contributed by atoms with Gasteiger partial charge in [-0.05, 0) is 30.3 Å². The van der Waals surface area contributed by atoms with Crippen molar-refractivity contribution < 1.29 is 4.74 Å². The Kier molecular flexibility index (Phi) is 3.60. The SMILES string of the molecule is c1ccc(Nc2ccncc2Oc2ccccc2)cc1. The first-order valence-corrected chi connectivity index (χ1v) is 6.41. The van der Waals surface area contributed by atoms with Gasteiger partial charge in [0.2, 0.25) is 0 Å². The van der Waals surface area contributed by atoms with Crippen LogP contribution in [0.2, 0.25) is 0 Å². The van der Waals surface area contributed by atoms with Crippen LogP contribution in [0.25, 0.3) is 0 Å². The molecule has 1 aromatic heterocycles. The third kappa shape index (κ3) is 2.95. The van der Waals surface area contributed by atoms with Crippen molar-refractivity contribution in [3.05, 3.63) is 79.1 Å². The Morgan fingerprint density at radius 3 is 2.25 bits per heavy atom. The second kappa shape index (κ2) is 5.89. The van der Waals surface area contributed by atoms with Crippen molar-refractivity contribution in [3.8, 4) is 11.5 Å². The number of anilines is 2. The molecule has 0 unspecified atom stereocenters. The molecule has 20 heavy (non-hydrogen) atoms. The molecule has 3 heteroatoms. The predicted octanol–water partition coefficient (Wildman–Crippen LogP) is 4.62. The molecule has 0 saturated heterocycles. The summed E-state index contributed by atoms with van der Waals surface area (Å²) in [4.78, 5) is 4.12. The first kappa shape index (κ1) is 12.2. The van der Waals surface area contributed by atoms with E-state index in [1.165, 1.54) is 0 Å². The smallest absolute Gasteiger partial charge is 0.169 e. The fourth-order valence-electron chi connectivity index (χ4n) is 1.86. The molecule has 0 amide bonds. The van der Waals surface area contributed by atoms with Crippen LogP contribution in [0.3, 0.4) is 0 Å². The fourth-order valence-corrected chi connectivity index (χ4v) is 1.86. The van der Waals surface area contributed by atoms with E-state index in [1.807, 2.05) is 66.7 Å². The molecule has 0 saturated carbocycles. The van der Waals surface area contributed by atoms with Crippen molar-refractivity contribution in [1.29, 1.82) is 0 Å². The van der Waals surface area contributed by atoms with Crippen LogP contribution in [0.15, 0.2) is 79.1 Å². The number of nitrogens with one attached hydrogen (secondary N) is 1. The first-order chi connectivity index (χ1) is 9.92. The summed E-state index contributed by atoms with van der Waals surface area (Å²) in [5.74, 6) is 1.49. The summed E-state index contributed by atoms with van der Waals surface area (Å²) in [5, 5.41) is 3.33. The topological polar surface area (TPSA) is 34.2 Å². The Morgan fingerprint density at radius 1 is 0.800 bits per heavy atom. The largest absolute Gasteiger partial charge is 0.454 e. The summed E-state index contributed by atoms with van der Waals surface area (Å²) in [6.07, 6.45) is 3.45. The van der Waals surface area contributed by atoms with Gasteiger partial charge >= 0.3 is 0 Å². The molecular formula is C17H14N2O. The van der Waals surface area contributed by atoms with Crippen LogP contribution < -0.4 is 10.1 Å². The minimum Gasteiger partial charge on any atom is -0.454 e. The van der Waals surface area contributed by atoms with Gasteiger partial charge in [-0.25, -0.2) is 0 Å². The number of para-hydroxylation sites is 2. The van der Waals surface area contributed by atoms with Crippen molar-refractivity contribution in [2.24, 2.45) is 0 Å². The summed E-state index contributed by atoms with van der Waals surface area (Å²) < 4.78 is 5.86. The molecule has 2 aromatic carbocycles. The number of nitrogens with zero attached hydrogens (tertiary/aromatic N) is 1. The quantitative estimate of drug-likeness (QED) is 0.745. The van der Waals surface area contributed by atoms with Gasteiger partial charge < -0.3 is 10.1 Å².